The van der Waals surface area contributed by atoms with Crippen LogP contribution >= 0.6 is 11.6 Å². The molecule has 0 spiro atoms. The molecule has 1 aromatic heterocycles. The van der Waals surface area contributed by atoms with E-state index in [1.54, 1.807) is 18.2 Å². The van der Waals surface area contributed by atoms with Crippen LogP contribution in [0.15, 0.2) is 29.4 Å². The van der Waals surface area contributed by atoms with Crippen LogP contribution in [-0.2, 0) is 23.0 Å². The number of rotatable bonds is 5. The first-order valence-electron chi connectivity index (χ1n) is 6.38. The van der Waals surface area contributed by atoms with Crippen molar-refractivity contribution in [3.8, 4) is 0 Å². The van der Waals surface area contributed by atoms with Crippen LogP contribution in [0.25, 0.3) is 0 Å². The van der Waals surface area contributed by atoms with Crippen molar-refractivity contribution >= 4 is 27.3 Å². The van der Waals surface area contributed by atoms with Crippen molar-refractivity contribution < 1.29 is 8.42 Å². The lowest BCUT2D eigenvalue weighted by atomic mass is 10.2. The Bertz CT molecular complexity index is 742. The summed E-state index contributed by atoms with van der Waals surface area (Å²) < 4.78 is 26.1. The molecular formula is C13H17ClN4O2S. The van der Waals surface area contributed by atoms with Gasteiger partial charge in [-0.1, -0.05) is 18.5 Å². The fourth-order valence-electron chi connectivity index (χ4n) is 1.86. The standard InChI is InChI=1S/C13H17ClN4O2S/c1-3-12-16-7-13(17-12)21(19,20)18(2)8-9-6-10(15)4-5-11(9)14/h4-7H,3,8,15H2,1-2H3,(H,16,17). The number of imidazole rings is 1. The van der Waals surface area contributed by atoms with Gasteiger partial charge in [0.15, 0.2) is 5.03 Å². The summed E-state index contributed by atoms with van der Waals surface area (Å²) in [6, 6.07) is 4.99. The number of nitrogens with zero attached hydrogens (tertiary/aromatic N) is 2. The first-order chi connectivity index (χ1) is 9.84. The third kappa shape index (κ3) is 3.37. The van der Waals surface area contributed by atoms with E-state index in [0.717, 1.165) is 0 Å². The minimum absolute atomic E-state index is 0.0712. The predicted molar refractivity (Wildman–Crippen MR) is 82.5 cm³/mol. The number of aromatic amines is 1. The maximum absolute atomic E-state index is 12.4. The SMILES string of the molecule is CCc1ncc(S(=O)(=O)N(C)Cc2cc(N)ccc2Cl)[nH]1. The monoisotopic (exact) mass is 328 g/mol. The van der Waals surface area contributed by atoms with Crippen LogP contribution in [0.5, 0.6) is 0 Å². The Hall–Kier alpha value is -1.57. The molecule has 0 unspecified atom stereocenters. The van der Waals surface area contributed by atoms with Gasteiger partial charge in [0.05, 0.1) is 6.20 Å². The van der Waals surface area contributed by atoms with Gasteiger partial charge in [-0.05, 0) is 23.8 Å². The summed E-state index contributed by atoms with van der Waals surface area (Å²) in [6.45, 7) is 2.03. The van der Waals surface area contributed by atoms with Gasteiger partial charge in [-0.15, -0.1) is 0 Å². The van der Waals surface area contributed by atoms with Crippen molar-refractivity contribution in [1.29, 1.82) is 0 Å². The number of halogens is 1. The molecule has 0 atom stereocenters. The Balaban J connectivity index is 2.26. The van der Waals surface area contributed by atoms with Gasteiger partial charge in [0.2, 0.25) is 0 Å². The number of nitrogens with one attached hydrogen (secondary N) is 1. The molecule has 21 heavy (non-hydrogen) atoms. The van der Waals surface area contributed by atoms with E-state index in [1.807, 2.05) is 6.92 Å². The maximum atomic E-state index is 12.4. The molecular weight excluding hydrogens is 312 g/mol. The minimum atomic E-state index is -3.64. The van der Waals surface area contributed by atoms with Crippen molar-refractivity contribution in [2.45, 2.75) is 24.9 Å². The number of sulfonamides is 1. The molecule has 114 valence electrons. The quantitative estimate of drug-likeness (QED) is 0.821. The molecule has 1 aromatic carbocycles. The van der Waals surface area contributed by atoms with E-state index in [1.165, 1.54) is 17.5 Å². The molecule has 0 bridgehead atoms. The zero-order valence-electron chi connectivity index (χ0n) is 11.8. The molecule has 0 fully saturated rings. The largest absolute Gasteiger partial charge is 0.399 e. The van der Waals surface area contributed by atoms with Crippen molar-refractivity contribution in [2.75, 3.05) is 12.8 Å². The smallest absolute Gasteiger partial charge is 0.260 e. The lowest BCUT2D eigenvalue weighted by Crippen LogP contribution is -2.27. The Morgan fingerprint density at radius 2 is 2.14 bits per heavy atom. The number of anilines is 1. The summed E-state index contributed by atoms with van der Waals surface area (Å²) in [5, 5.41) is 0.548. The number of hydrogen-bond acceptors (Lipinski definition) is 4. The summed E-state index contributed by atoms with van der Waals surface area (Å²) in [5.74, 6) is 0.629. The highest BCUT2D eigenvalue weighted by atomic mass is 35.5. The molecule has 2 aromatic rings. The van der Waals surface area contributed by atoms with Gasteiger partial charge in [0, 0.05) is 30.7 Å². The third-order valence-electron chi connectivity index (χ3n) is 3.09. The topological polar surface area (TPSA) is 92.1 Å². The second-order valence-electron chi connectivity index (χ2n) is 4.66. The molecule has 0 saturated carbocycles. The Labute approximate surface area is 129 Å². The van der Waals surface area contributed by atoms with Gasteiger partial charge in [0.25, 0.3) is 10.0 Å². The van der Waals surface area contributed by atoms with E-state index >= 15 is 0 Å². The summed E-state index contributed by atoms with van der Waals surface area (Å²) >= 11 is 6.07. The van der Waals surface area contributed by atoms with Gasteiger partial charge in [-0.3, -0.25) is 0 Å². The van der Waals surface area contributed by atoms with E-state index < -0.39 is 10.0 Å². The molecule has 2 rings (SSSR count). The van der Waals surface area contributed by atoms with Crippen molar-refractivity contribution in [1.82, 2.24) is 14.3 Å². The average Bonchev–Trinajstić information content (AvgIpc) is 2.92. The van der Waals surface area contributed by atoms with Gasteiger partial charge in [0.1, 0.15) is 5.82 Å². The molecule has 0 radical (unpaired) electrons. The molecule has 1 heterocycles. The molecule has 0 aliphatic rings. The minimum Gasteiger partial charge on any atom is -0.399 e. The van der Waals surface area contributed by atoms with E-state index in [-0.39, 0.29) is 11.6 Å². The van der Waals surface area contributed by atoms with Crippen LogP contribution in [0.1, 0.15) is 18.3 Å². The van der Waals surface area contributed by atoms with Crippen LogP contribution < -0.4 is 5.73 Å². The molecule has 0 amide bonds. The lowest BCUT2D eigenvalue weighted by molar-refractivity contribution is 0.464. The summed E-state index contributed by atoms with van der Waals surface area (Å²) in [6.07, 6.45) is 1.96. The molecule has 6 nitrogen and oxygen atoms in total. The Kier molecular flexibility index (Phi) is 4.55. The second-order valence-corrected chi connectivity index (χ2v) is 7.08. The summed E-state index contributed by atoms with van der Waals surface area (Å²) in [5.41, 5.74) is 6.89. The van der Waals surface area contributed by atoms with Crippen LogP contribution in [0.3, 0.4) is 0 Å². The normalized spacial score (nSPS) is 12.0. The highest BCUT2D eigenvalue weighted by Gasteiger charge is 2.23. The average molecular weight is 329 g/mol. The van der Waals surface area contributed by atoms with Crippen molar-refractivity contribution in [3.05, 3.63) is 40.8 Å². The van der Waals surface area contributed by atoms with Gasteiger partial charge >= 0.3 is 0 Å². The maximum Gasteiger partial charge on any atom is 0.260 e. The number of nitrogens with two attached hydrogens (primary N) is 1. The van der Waals surface area contributed by atoms with E-state index in [0.29, 0.717) is 28.5 Å². The number of nitrogen functional groups attached to an aromatic ring is 1. The van der Waals surface area contributed by atoms with Crippen molar-refractivity contribution in [2.24, 2.45) is 0 Å². The lowest BCUT2D eigenvalue weighted by Gasteiger charge is -2.17. The summed E-state index contributed by atoms with van der Waals surface area (Å²) in [4.78, 5) is 6.81. The third-order valence-corrected chi connectivity index (χ3v) is 5.17. The highest BCUT2D eigenvalue weighted by molar-refractivity contribution is 7.89. The number of benzene rings is 1. The number of aryl methyl sites for hydroxylation is 1. The molecule has 0 saturated heterocycles. The van der Waals surface area contributed by atoms with E-state index in [9.17, 15) is 8.42 Å². The summed E-state index contributed by atoms with van der Waals surface area (Å²) in [7, 11) is -2.15. The van der Waals surface area contributed by atoms with E-state index in [2.05, 4.69) is 9.97 Å². The Morgan fingerprint density at radius 1 is 1.43 bits per heavy atom. The van der Waals surface area contributed by atoms with Gasteiger partial charge in [-0.2, -0.15) is 4.31 Å². The number of hydrogen-bond donors (Lipinski definition) is 2. The Morgan fingerprint density at radius 3 is 2.76 bits per heavy atom. The van der Waals surface area contributed by atoms with Crippen LogP contribution in [0, 0.1) is 0 Å². The van der Waals surface area contributed by atoms with E-state index in [4.69, 9.17) is 17.3 Å². The number of H-pyrrole nitrogens is 1. The molecule has 3 N–H and O–H groups in total. The van der Waals surface area contributed by atoms with Crippen LogP contribution in [-0.4, -0.2) is 29.7 Å². The first kappa shape index (κ1) is 15.8. The zero-order chi connectivity index (χ0) is 15.6. The van der Waals surface area contributed by atoms with Gasteiger partial charge in [-0.25, -0.2) is 13.4 Å². The van der Waals surface area contributed by atoms with Crippen LogP contribution in [0.4, 0.5) is 5.69 Å². The second kappa shape index (κ2) is 6.05. The zero-order valence-corrected chi connectivity index (χ0v) is 13.4. The van der Waals surface area contributed by atoms with Gasteiger partial charge < -0.3 is 10.7 Å². The molecule has 0 aliphatic carbocycles. The number of aromatic nitrogens is 2. The first-order valence-corrected chi connectivity index (χ1v) is 8.20. The molecule has 0 aliphatic heterocycles. The van der Waals surface area contributed by atoms with Crippen molar-refractivity contribution in [3.63, 3.8) is 0 Å². The highest BCUT2D eigenvalue weighted by Crippen LogP contribution is 2.22. The fourth-order valence-corrected chi connectivity index (χ4v) is 3.12. The fraction of sp³-hybridized carbons (Fsp3) is 0.308. The molecule has 8 heteroatoms. The predicted octanol–water partition coefficient (Wildman–Crippen LogP) is 2.03. The van der Waals surface area contributed by atoms with Crippen LogP contribution in [0.2, 0.25) is 5.02 Å².